The van der Waals surface area contributed by atoms with Crippen LogP contribution < -0.4 is 4.74 Å². The smallest absolute Gasteiger partial charge is 0.233 e. The molecule has 1 aromatic heterocycles. The molecule has 0 fully saturated rings. The average molecular weight is 343 g/mol. The Morgan fingerprint density at radius 1 is 1.26 bits per heavy atom. The van der Waals surface area contributed by atoms with Crippen molar-refractivity contribution in [3.8, 4) is 11.6 Å². The summed E-state index contributed by atoms with van der Waals surface area (Å²) in [4.78, 5) is 4.12. The molecule has 0 atom stereocenters. The zero-order valence-electron chi connectivity index (χ0n) is 10.4. The van der Waals surface area contributed by atoms with Gasteiger partial charge in [0.2, 0.25) is 5.88 Å². The van der Waals surface area contributed by atoms with Crippen molar-refractivity contribution in [1.29, 1.82) is 0 Å². The molecule has 0 bridgehead atoms. The highest BCUT2D eigenvalue weighted by molar-refractivity contribution is 9.10. The van der Waals surface area contributed by atoms with Crippen LogP contribution in [0.15, 0.2) is 41.0 Å². The Morgan fingerprint density at radius 3 is 2.63 bits per heavy atom. The lowest BCUT2D eigenvalue weighted by atomic mass is 10.1. The Morgan fingerprint density at radius 2 is 2.00 bits per heavy atom. The minimum Gasteiger partial charge on any atom is -0.438 e. The molecule has 1 heterocycles. The number of methoxy groups -OCH3 is 1. The van der Waals surface area contributed by atoms with Gasteiger partial charge in [0.25, 0.3) is 0 Å². The van der Waals surface area contributed by atoms with Gasteiger partial charge in [0.15, 0.2) is 0 Å². The fourth-order valence-corrected chi connectivity index (χ4v) is 2.25. The van der Waals surface area contributed by atoms with Crippen LogP contribution in [0.4, 0.5) is 0 Å². The SMILES string of the molecule is COCCc1ccc(Oc2ncc(Cl)cc2Br)cc1. The third-order valence-electron chi connectivity index (χ3n) is 2.51. The molecule has 0 spiro atoms. The lowest BCUT2D eigenvalue weighted by molar-refractivity contribution is 0.202. The molecule has 100 valence electrons. The highest BCUT2D eigenvalue weighted by Crippen LogP contribution is 2.29. The van der Waals surface area contributed by atoms with E-state index in [0.717, 1.165) is 16.6 Å². The van der Waals surface area contributed by atoms with Crippen LogP contribution >= 0.6 is 27.5 Å². The number of benzene rings is 1. The molecule has 0 aliphatic carbocycles. The van der Waals surface area contributed by atoms with Gasteiger partial charge in [0.1, 0.15) is 5.75 Å². The molecule has 0 aliphatic rings. The Bertz CT molecular complexity index is 546. The van der Waals surface area contributed by atoms with E-state index in [2.05, 4.69) is 20.9 Å². The summed E-state index contributed by atoms with van der Waals surface area (Å²) in [5, 5.41) is 0.564. The van der Waals surface area contributed by atoms with Crippen molar-refractivity contribution in [3.63, 3.8) is 0 Å². The number of aromatic nitrogens is 1. The van der Waals surface area contributed by atoms with Crippen LogP contribution in [0.2, 0.25) is 5.02 Å². The number of ether oxygens (including phenoxy) is 2. The summed E-state index contributed by atoms with van der Waals surface area (Å²) in [6.07, 6.45) is 2.44. The van der Waals surface area contributed by atoms with E-state index >= 15 is 0 Å². The van der Waals surface area contributed by atoms with Gasteiger partial charge in [-0.2, -0.15) is 0 Å². The van der Waals surface area contributed by atoms with E-state index in [1.807, 2.05) is 24.3 Å². The molecule has 0 unspecified atom stereocenters. The summed E-state index contributed by atoms with van der Waals surface area (Å²) in [6.45, 7) is 0.713. The molecule has 0 aliphatic heterocycles. The summed E-state index contributed by atoms with van der Waals surface area (Å²) >= 11 is 9.19. The van der Waals surface area contributed by atoms with Gasteiger partial charge in [-0.1, -0.05) is 23.7 Å². The van der Waals surface area contributed by atoms with Gasteiger partial charge in [-0.15, -0.1) is 0 Å². The van der Waals surface area contributed by atoms with Crippen LogP contribution in [0, 0.1) is 0 Å². The van der Waals surface area contributed by atoms with Crippen molar-refractivity contribution >= 4 is 27.5 Å². The first-order chi connectivity index (χ1) is 9.19. The molecule has 19 heavy (non-hydrogen) atoms. The number of pyridine rings is 1. The fourth-order valence-electron chi connectivity index (χ4n) is 1.53. The van der Waals surface area contributed by atoms with E-state index in [0.29, 0.717) is 17.5 Å². The minimum absolute atomic E-state index is 0.494. The Hall–Kier alpha value is -1.10. The average Bonchev–Trinajstić information content (AvgIpc) is 2.41. The highest BCUT2D eigenvalue weighted by atomic mass is 79.9. The van der Waals surface area contributed by atoms with Crippen molar-refractivity contribution in [2.75, 3.05) is 13.7 Å². The standard InChI is InChI=1S/C14H13BrClNO2/c1-18-7-6-10-2-4-12(5-3-10)19-14-13(15)8-11(16)9-17-14/h2-5,8-9H,6-7H2,1H3. The van der Waals surface area contributed by atoms with Gasteiger partial charge >= 0.3 is 0 Å². The number of rotatable bonds is 5. The first kappa shape index (κ1) is 14.3. The van der Waals surface area contributed by atoms with Crippen molar-refractivity contribution in [3.05, 3.63) is 51.6 Å². The molecule has 5 heteroatoms. The number of nitrogens with zero attached hydrogens (tertiary/aromatic N) is 1. The van der Waals surface area contributed by atoms with Gasteiger partial charge < -0.3 is 9.47 Å². The maximum absolute atomic E-state index is 5.83. The van der Waals surface area contributed by atoms with Crippen molar-refractivity contribution in [1.82, 2.24) is 4.98 Å². The molecule has 0 amide bonds. The molecule has 2 aromatic rings. The maximum atomic E-state index is 5.83. The Balaban J connectivity index is 2.06. The molecule has 0 radical (unpaired) electrons. The summed E-state index contributed by atoms with van der Waals surface area (Å²) in [6, 6.07) is 9.59. The first-order valence-electron chi connectivity index (χ1n) is 5.76. The Kier molecular flexibility index (Phi) is 5.19. The summed E-state index contributed by atoms with van der Waals surface area (Å²) in [5.74, 6) is 1.23. The Labute approximate surface area is 125 Å². The van der Waals surface area contributed by atoms with Crippen LogP contribution in [0.3, 0.4) is 0 Å². The summed E-state index contributed by atoms with van der Waals surface area (Å²) in [5.41, 5.74) is 1.21. The molecule has 0 saturated heterocycles. The molecule has 0 N–H and O–H groups in total. The second-order valence-corrected chi connectivity index (χ2v) is 5.22. The van der Waals surface area contributed by atoms with Crippen molar-refractivity contribution < 1.29 is 9.47 Å². The summed E-state index contributed by atoms with van der Waals surface area (Å²) < 4.78 is 11.4. The van der Waals surface area contributed by atoms with Gasteiger partial charge in [-0.25, -0.2) is 4.98 Å². The second kappa shape index (κ2) is 6.89. The quantitative estimate of drug-likeness (QED) is 0.803. The number of hydrogen-bond acceptors (Lipinski definition) is 3. The molecule has 3 nitrogen and oxygen atoms in total. The minimum atomic E-state index is 0.494. The monoisotopic (exact) mass is 341 g/mol. The number of halogens is 2. The van der Waals surface area contributed by atoms with Crippen LogP contribution in [0.5, 0.6) is 11.6 Å². The second-order valence-electron chi connectivity index (χ2n) is 3.93. The molecular formula is C14H13BrClNO2. The van der Waals surface area contributed by atoms with E-state index in [1.165, 1.54) is 5.56 Å². The van der Waals surface area contributed by atoms with Gasteiger partial charge in [-0.05, 0) is 46.1 Å². The molecule has 1 aromatic carbocycles. The third kappa shape index (κ3) is 4.20. The third-order valence-corrected chi connectivity index (χ3v) is 3.28. The predicted molar refractivity (Wildman–Crippen MR) is 79.0 cm³/mol. The highest BCUT2D eigenvalue weighted by Gasteiger charge is 2.05. The zero-order valence-corrected chi connectivity index (χ0v) is 12.7. The topological polar surface area (TPSA) is 31.4 Å². The largest absolute Gasteiger partial charge is 0.438 e. The van der Waals surface area contributed by atoms with E-state index < -0.39 is 0 Å². The molecule has 0 saturated carbocycles. The lowest BCUT2D eigenvalue weighted by Gasteiger charge is -2.07. The first-order valence-corrected chi connectivity index (χ1v) is 6.93. The van der Waals surface area contributed by atoms with Crippen LogP contribution in [-0.4, -0.2) is 18.7 Å². The van der Waals surface area contributed by atoms with Crippen molar-refractivity contribution in [2.45, 2.75) is 6.42 Å². The molecule has 2 rings (SSSR count). The van der Waals surface area contributed by atoms with E-state index in [-0.39, 0.29) is 0 Å². The maximum Gasteiger partial charge on any atom is 0.233 e. The normalized spacial score (nSPS) is 10.5. The van der Waals surface area contributed by atoms with E-state index in [9.17, 15) is 0 Å². The number of hydrogen-bond donors (Lipinski definition) is 0. The predicted octanol–water partition coefficient (Wildman–Crippen LogP) is 4.48. The van der Waals surface area contributed by atoms with Gasteiger partial charge in [-0.3, -0.25) is 0 Å². The fraction of sp³-hybridized carbons (Fsp3) is 0.214. The van der Waals surface area contributed by atoms with E-state index in [4.69, 9.17) is 21.1 Å². The zero-order chi connectivity index (χ0) is 13.7. The van der Waals surface area contributed by atoms with Crippen molar-refractivity contribution in [2.24, 2.45) is 0 Å². The van der Waals surface area contributed by atoms with Crippen LogP contribution in [-0.2, 0) is 11.2 Å². The van der Waals surface area contributed by atoms with Crippen LogP contribution in [0.1, 0.15) is 5.56 Å². The summed E-state index contributed by atoms with van der Waals surface area (Å²) in [7, 11) is 1.70. The van der Waals surface area contributed by atoms with Crippen LogP contribution in [0.25, 0.3) is 0 Å². The van der Waals surface area contributed by atoms with Gasteiger partial charge in [0, 0.05) is 13.3 Å². The molecular weight excluding hydrogens is 330 g/mol. The van der Waals surface area contributed by atoms with E-state index in [1.54, 1.807) is 19.4 Å². The van der Waals surface area contributed by atoms with Gasteiger partial charge in [0.05, 0.1) is 16.1 Å². The lowest BCUT2D eigenvalue weighted by Crippen LogP contribution is -1.94.